The van der Waals surface area contributed by atoms with E-state index in [1.807, 2.05) is 0 Å². The van der Waals surface area contributed by atoms with Crippen molar-refractivity contribution in [1.29, 1.82) is 0 Å². The number of rotatable bonds is 3. The van der Waals surface area contributed by atoms with E-state index in [0.29, 0.717) is 0 Å². The molecule has 0 aromatic rings. The van der Waals surface area contributed by atoms with Crippen molar-refractivity contribution in [3.63, 3.8) is 0 Å². The molecule has 0 rings (SSSR count). The van der Waals surface area contributed by atoms with Gasteiger partial charge in [-0.1, -0.05) is 19.8 Å². The smallest absolute Gasteiger partial charge is 0.0520 e. The molecule has 52 valence electrons. The zero-order chi connectivity index (χ0) is 5.70. The Hall–Kier alpha value is 0.210. The minimum absolute atomic E-state index is 0. The lowest BCUT2D eigenvalue weighted by Crippen LogP contribution is -2.29. The molecule has 0 bridgehead atoms. The van der Waals surface area contributed by atoms with Crippen LogP contribution in [0.2, 0.25) is 0 Å². The standard InChI is InChI=1S/C5H14N2.ClH/c1-2-3-4-5(6)7;/h5H,2-4,6-7H2,1H3;1H. The predicted octanol–water partition coefficient (Wildman–Crippen LogP) is 0.842. The zero-order valence-electron chi connectivity index (χ0n) is 5.26. The van der Waals surface area contributed by atoms with Crippen LogP contribution in [0.1, 0.15) is 26.2 Å². The van der Waals surface area contributed by atoms with Crippen LogP contribution >= 0.6 is 12.4 Å². The van der Waals surface area contributed by atoms with Crippen LogP contribution in [0.15, 0.2) is 0 Å². The molecule has 0 fully saturated rings. The molecule has 0 aromatic heterocycles. The minimum atomic E-state index is -0.0973. The van der Waals surface area contributed by atoms with Crippen molar-refractivity contribution in [3.05, 3.63) is 0 Å². The Labute approximate surface area is 57.0 Å². The van der Waals surface area contributed by atoms with Gasteiger partial charge in [0.15, 0.2) is 0 Å². The van der Waals surface area contributed by atoms with Crippen LogP contribution < -0.4 is 11.5 Å². The maximum absolute atomic E-state index is 5.26. The normalized spacial score (nSPS) is 9.00. The molecule has 0 aliphatic heterocycles. The maximum atomic E-state index is 5.26. The van der Waals surface area contributed by atoms with E-state index in [1.165, 1.54) is 6.42 Å². The van der Waals surface area contributed by atoms with Gasteiger partial charge in [0.25, 0.3) is 0 Å². The van der Waals surface area contributed by atoms with Crippen LogP contribution in [0.3, 0.4) is 0 Å². The van der Waals surface area contributed by atoms with Gasteiger partial charge >= 0.3 is 0 Å². The van der Waals surface area contributed by atoms with Gasteiger partial charge in [0, 0.05) is 0 Å². The van der Waals surface area contributed by atoms with E-state index in [-0.39, 0.29) is 18.6 Å². The summed E-state index contributed by atoms with van der Waals surface area (Å²) in [4.78, 5) is 0. The van der Waals surface area contributed by atoms with Gasteiger partial charge in [-0.3, -0.25) is 0 Å². The summed E-state index contributed by atoms with van der Waals surface area (Å²) in [5.74, 6) is 0. The molecule has 0 aliphatic carbocycles. The van der Waals surface area contributed by atoms with E-state index in [1.54, 1.807) is 0 Å². The van der Waals surface area contributed by atoms with E-state index in [9.17, 15) is 0 Å². The maximum Gasteiger partial charge on any atom is 0.0520 e. The molecule has 0 radical (unpaired) electrons. The first-order valence-electron chi connectivity index (χ1n) is 2.78. The summed E-state index contributed by atoms with van der Waals surface area (Å²) >= 11 is 0. The summed E-state index contributed by atoms with van der Waals surface area (Å²) in [6, 6.07) is 0. The topological polar surface area (TPSA) is 52.0 Å². The average Bonchev–Trinajstić information content (AvgIpc) is 1.61. The summed E-state index contributed by atoms with van der Waals surface area (Å²) in [7, 11) is 0. The van der Waals surface area contributed by atoms with Crippen molar-refractivity contribution in [2.75, 3.05) is 0 Å². The first-order chi connectivity index (χ1) is 3.27. The second-order valence-electron chi connectivity index (χ2n) is 1.81. The third-order valence-electron chi connectivity index (χ3n) is 0.891. The Bertz CT molecular complexity index is 39.4. The van der Waals surface area contributed by atoms with Crippen LogP contribution in [-0.4, -0.2) is 6.17 Å². The highest BCUT2D eigenvalue weighted by Crippen LogP contribution is 1.91. The lowest BCUT2D eigenvalue weighted by Gasteiger charge is -2.00. The summed E-state index contributed by atoms with van der Waals surface area (Å²) in [5.41, 5.74) is 10.5. The average molecular weight is 139 g/mol. The van der Waals surface area contributed by atoms with Gasteiger partial charge in [0.2, 0.25) is 0 Å². The van der Waals surface area contributed by atoms with Crippen molar-refractivity contribution >= 4 is 12.4 Å². The Morgan fingerprint density at radius 1 is 1.38 bits per heavy atom. The molecule has 0 saturated heterocycles. The number of unbranched alkanes of at least 4 members (excludes halogenated alkanes) is 1. The van der Waals surface area contributed by atoms with E-state index in [0.717, 1.165) is 12.8 Å². The molecular weight excluding hydrogens is 124 g/mol. The third kappa shape index (κ3) is 9.51. The van der Waals surface area contributed by atoms with Gasteiger partial charge in [-0.25, -0.2) is 0 Å². The Kier molecular flexibility index (Phi) is 9.97. The van der Waals surface area contributed by atoms with Crippen molar-refractivity contribution in [1.82, 2.24) is 0 Å². The van der Waals surface area contributed by atoms with Crippen molar-refractivity contribution < 1.29 is 0 Å². The van der Waals surface area contributed by atoms with Crippen LogP contribution in [0.5, 0.6) is 0 Å². The minimum Gasteiger partial charge on any atom is -0.316 e. The molecule has 0 aliphatic rings. The van der Waals surface area contributed by atoms with Gasteiger partial charge < -0.3 is 11.5 Å². The molecule has 3 heteroatoms. The number of nitrogens with two attached hydrogens (primary N) is 2. The van der Waals surface area contributed by atoms with Crippen LogP contribution in [0, 0.1) is 0 Å². The highest BCUT2D eigenvalue weighted by molar-refractivity contribution is 5.85. The second kappa shape index (κ2) is 7.21. The molecule has 0 amide bonds. The molecule has 0 spiro atoms. The number of hydrogen-bond acceptors (Lipinski definition) is 2. The molecule has 2 nitrogen and oxygen atoms in total. The Balaban J connectivity index is 0. The Morgan fingerprint density at radius 3 is 2.00 bits per heavy atom. The van der Waals surface area contributed by atoms with Crippen LogP contribution in [-0.2, 0) is 0 Å². The molecule has 0 unspecified atom stereocenters. The first kappa shape index (κ1) is 11.1. The van der Waals surface area contributed by atoms with Crippen molar-refractivity contribution in [2.24, 2.45) is 11.5 Å². The van der Waals surface area contributed by atoms with Crippen LogP contribution in [0.25, 0.3) is 0 Å². The molecule has 0 atom stereocenters. The number of halogens is 1. The highest BCUT2D eigenvalue weighted by Gasteiger charge is 1.88. The Morgan fingerprint density at radius 2 is 1.88 bits per heavy atom. The molecule has 0 heterocycles. The van der Waals surface area contributed by atoms with E-state index in [4.69, 9.17) is 11.5 Å². The van der Waals surface area contributed by atoms with Gasteiger partial charge in [-0.15, -0.1) is 12.4 Å². The van der Waals surface area contributed by atoms with E-state index >= 15 is 0 Å². The quantitative estimate of drug-likeness (QED) is 0.568. The lowest BCUT2D eigenvalue weighted by molar-refractivity contribution is 0.595. The van der Waals surface area contributed by atoms with E-state index in [2.05, 4.69) is 6.92 Å². The second-order valence-corrected chi connectivity index (χ2v) is 1.81. The van der Waals surface area contributed by atoms with Gasteiger partial charge in [0.05, 0.1) is 6.17 Å². The molecule has 8 heavy (non-hydrogen) atoms. The summed E-state index contributed by atoms with van der Waals surface area (Å²) < 4.78 is 0. The van der Waals surface area contributed by atoms with Crippen LogP contribution in [0.4, 0.5) is 0 Å². The summed E-state index contributed by atoms with van der Waals surface area (Å²) in [6.07, 6.45) is 3.19. The predicted molar refractivity (Wildman–Crippen MR) is 38.9 cm³/mol. The monoisotopic (exact) mass is 138 g/mol. The molecule has 4 N–H and O–H groups in total. The van der Waals surface area contributed by atoms with Crippen molar-refractivity contribution in [3.8, 4) is 0 Å². The van der Waals surface area contributed by atoms with Gasteiger partial charge in [0.1, 0.15) is 0 Å². The molecule has 0 saturated carbocycles. The third-order valence-corrected chi connectivity index (χ3v) is 0.891. The lowest BCUT2D eigenvalue weighted by atomic mass is 10.2. The van der Waals surface area contributed by atoms with Gasteiger partial charge in [-0.2, -0.15) is 0 Å². The fourth-order valence-corrected chi connectivity index (χ4v) is 0.440. The summed E-state index contributed by atoms with van der Waals surface area (Å²) in [6.45, 7) is 2.13. The largest absolute Gasteiger partial charge is 0.316 e. The molecule has 0 aromatic carbocycles. The van der Waals surface area contributed by atoms with E-state index < -0.39 is 0 Å². The first-order valence-corrected chi connectivity index (χ1v) is 2.78. The highest BCUT2D eigenvalue weighted by atomic mass is 35.5. The fourth-order valence-electron chi connectivity index (χ4n) is 0.440. The summed E-state index contributed by atoms with van der Waals surface area (Å²) in [5, 5.41) is 0. The van der Waals surface area contributed by atoms with Gasteiger partial charge in [-0.05, 0) is 6.42 Å². The fraction of sp³-hybridized carbons (Fsp3) is 1.00. The molecular formula is C5H15ClN2. The number of hydrogen-bond donors (Lipinski definition) is 2. The van der Waals surface area contributed by atoms with Crippen molar-refractivity contribution in [2.45, 2.75) is 32.4 Å². The zero-order valence-corrected chi connectivity index (χ0v) is 6.08. The SMILES string of the molecule is CCCCC(N)N.Cl.